The van der Waals surface area contributed by atoms with Crippen LogP contribution in [0.1, 0.15) is 0 Å². The molecular formula is C48H42N3O14P3. The second-order valence-electron chi connectivity index (χ2n) is 15.6. The fourth-order valence-corrected chi connectivity index (χ4v) is 10.2. The Balaban J connectivity index is 1.12. The minimum atomic E-state index is -3.61. The van der Waals surface area contributed by atoms with Crippen molar-refractivity contribution in [3.05, 3.63) is 133 Å². The molecule has 5 aliphatic heterocycles. The molecule has 5 aliphatic rings. The third-order valence-electron chi connectivity index (χ3n) is 10.3. The van der Waals surface area contributed by atoms with Crippen LogP contribution in [0.3, 0.4) is 0 Å². The molecule has 20 heteroatoms. The molecule has 0 spiro atoms. The van der Waals surface area contributed by atoms with E-state index in [2.05, 4.69) is 4.52 Å². The van der Waals surface area contributed by atoms with Crippen molar-refractivity contribution < 1.29 is 65.9 Å². The van der Waals surface area contributed by atoms with E-state index >= 15 is 0 Å². The molecule has 5 unspecified atom stereocenters. The molecular weight excluding hydrogens is 935 g/mol. The molecule has 0 radical (unpaired) electrons. The lowest BCUT2D eigenvalue weighted by atomic mass is 10.2. The number of epoxide rings is 4. The molecule has 0 aromatic heterocycles. The lowest BCUT2D eigenvalue weighted by Gasteiger charge is -2.26. The Labute approximate surface area is 394 Å². The van der Waals surface area contributed by atoms with Crippen molar-refractivity contribution in [2.45, 2.75) is 24.4 Å². The zero-order valence-corrected chi connectivity index (χ0v) is 38.8. The number of ether oxygens (including phenoxy) is 12. The quantitative estimate of drug-likeness (QED) is 0.0413. The van der Waals surface area contributed by atoms with Crippen molar-refractivity contribution in [2.75, 3.05) is 52.9 Å². The van der Waals surface area contributed by atoms with Gasteiger partial charge in [0.05, 0.1) is 26.4 Å². The van der Waals surface area contributed by atoms with Crippen LogP contribution < -0.4 is 46.9 Å². The molecule has 4 fully saturated rings. The minimum absolute atomic E-state index is 0.00341. The highest BCUT2D eigenvalue weighted by molar-refractivity contribution is 7.65. The fraction of sp³-hybridized carbons (Fsp3) is 0.250. The summed E-state index contributed by atoms with van der Waals surface area (Å²) >= 11 is 0. The lowest BCUT2D eigenvalue weighted by molar-refractivity contribution is 0.247. The Hall–Kier alpha value is -6.41. The summed E-state index contributed by atoms with van der Waals surface area (Å²) in [5.41, 5.74) is 0. The summed E-state index contributed by atoms with van der Waals surface area (Å²) in [6, 6.07) is 39.8. The van der Waals surface area contributed by atoms with E-state index in [1.54, 1.807) is 54.6 Å². The Morgan fingerprint density at radius 3 is 1.21 bits per heavy atom. The predicted octanol–water partition coefficient (Wildman–Crippen LogP) is 12.5. The molecule has 11 rings (SSSR count). The monoisotopic (exact) mass is 977 g/mol. The molecule has 0 N–H and O–H groups in total. The van der Waals surface area contributed by atoms with E-state index in [1.165, 1.54) is 0 Å². The van der Waals surface area contributed by atoms with Crippen molar-refractivity contribution in [2.24, 2.45) is 13.5 Å². The van der Waals surface area contributed by atoms with Crippen molar-refractivity contribution in [1.82, 2.24) is 0 Å². The van der Waals surface area contributed by atoms with Gasteiger partial charge in [-0.3, -0.25) is 0 Å². The van der Waals surface area contributed by atoms with Crippen LogP contribution >= 0.6 is 24.7 Å². The number of hydrogen-bond donors (Lipinski definition) is 0. The van der Waals surface area contributed by atoms with Crippen LogP contribution in [0.15, 0.2) is 147 Å². The first-order chi connectivity index (χ1) is 33.6. The first kappa shape index (κ1) is 44.1. The van der Waals surface area contributed by atoms with Crippen LogP contribution in [0, 0.1) is 0 Å². The van der Waals surface area contributed by atoms with Gasteiger partial charge in [-0.2, -0.15) is 4.52 Å². The Morgan fingerprint density at radius 2 is 0.794 bits per heavy atom. The molecule has 68 heavy (non-hydrogen) atoms. The molecule has 6 aromatic carbocycles. The van der Waals surface area contributed by atoms with Crippen LogP contribution in [0.5, 0.6) is 80.5 Å². The molecule has 0 amide bonds. The van der Waals surface area contributed by atoms with E-state index in [0.29, 0.717) is 122 Å². The van der Waals surface area contributed by atoms with Crippen LogP contribution in [-0.4, -0.2) is 77.3 Å². The number of para-hydroxylation sites is 9. The van der Waals surface area contributed by atoms with E-state index in [9.17, 15) is 0 Å². The molecule has 5 atom stereocenters. The van der Waals surface area contributed by atoms with Crippen molar-refractivity contribution in [3.63, 3.8) is 0 Å². The summed E-state index contributed by atoms with van der Waals surface area (Å²) in [7, 11) is -2.91. The number of rotatable bonds is 24. The molecule has 0 saturated carbocycles. The molecule has 4 saturated heterocycles. The van der Waals surface area contributed by atoms with Crippen molar-refractivity contribution in [1.29, 1.82) is 0 Å². The number of hydrogen-bond acceptors (Lipinski definition) is 17. The molecule has 348 valence electrons. The van der Waals surface area contributed by atoms with Gasteiger partial charge in [0.25, 0.3) is 0 Å². The molecule has 17 nitrogen and oxygen atoms in total. The summed E-state index contributed by atoms with van der Waals surface area (Å²) in [4.78, 5) is 0. The molecule has 5 heterocycles. The normalized spacial score (nSPS) is 21.8. The van der Waals surface area contributed by atoms with Gasteiger partial charge >= 0.3 is 7.66 Å². The van der Waals surface area contributed by atoms with Gasteiger partial charge in [0, 0.05) is 6.07 Å². The number of benzene rings is 6. The van der Waals surface area contributed by atoms with Crippen molar-refractivity contribution in [3.8, 4) is 80.5 Å². The lowest BCUT2D eigenvalue weighted by Crippen LogP contribution is -2.08. The average molecular weight is 978 g/mol. The Bertz CT molecular complexity index is 2860. The topological polar surface area (TPSA) is 180 Å². The van der Waals surface area contributed by atoms with Crippen molar-refractivity contribution >= 4 is 24.7 Å². The predicted molar refractivity (Wildman–Crippen MR) is 249 cm³/mol. The average Bonchev–Trinajstić information content (AvgIpc) is 4.15. The minimum Gasteiger partial charge on any atom is -0.487 e. The Morgan fingerprint density at radius 1 is 0.412 bits per heavy atom. The molecule has 0 aliphatic carbocycles. The van der Waals surface area contributed by atoms with E-state index in [0.717, 1.165) is 0 Å². The summed E-state index contributed by atoms with van der Waals surface area (Å²) in [5.74, 6) is 3.73. The first-order valence-corrected chi connectivity index (χ1v) is 24.9. The largest absolute Gasteiger partial charge is 0.487 e. The molecule has 0 bridgehead atoms. The summed E-state index contributed by atoms with van der Waals surface area (Å²) < 4.78 is 103. The van der Waals surface area contributed by atoms with Gasteiger partial charge in [-0.15, -0.1) is 9.03 Å². The fourth-order valence-electron chi connectivity index (χ4n) is 6.47. The van der Waals surface area contributed by atoms with E-state index < -0.39 is 7.66 Å². The second-order valence-corrected chi connectivity index (χ2v) is 19.4. The van der Waals surface area contributed by atoms with Gasteiger partial charge in [0.2, 0.25) is 17.2 Å². The highest BCUT2D eigenvalue weighted by atomic mass is 31.2. The van der Waals surface area contributed by atoms with Gasteiger partial charge in [-0.1, -0.05) is 66.7 Å². The number of nitrogens with zero attached hydrogens (tertiary/aromatic N) is 3. The van der Waals surface area contributed by atoms with E-state index in [1.807, 2.05) is 78.9 Å². The second kappa shape index (κ2) is 20.4. The highest BCUT2D eigenvalue weighted by Crippen LogP contribution is 2.64. The maximum atomic E-state index is 7.09. The molecule has 6 aromatic rings. The summed E-state index contributed by atoms with van der Waals surface area (Å²) in [5, 5.41) is 0. The maximum Gasteiger partial charge on any atom is 0.460 e. The third-order valence-corrected chi connectivity index (χ3v) is 14.2. The third kappa shape index (κ3) is 11.5. The van der Waals surface area contributed by atoms with Gasteiger partial charge in [-0.25, -0.2) is 0 Å². The first-order valence-electron chi connectivity index (χ1n) is 21.7. The smallest absolute Gasteiger partial charge is 0.460 e. The van der Waals surface area contributed by atoms with Crippen LogP contribution in [-0.2, 0) is 18.9 Å². The summed E-state index contributed by atoms with van der Waals surface area (Å²) in [6.45, 7) is 3.65. The van der Waals surface area contributed by atoms with Gasteiger partial charge in [0.1, 0.15) is 56.6 Å². The van der Waals surface area contributed by atoms with Crippen LogP contribution in [0.2, 0.25) is 0 Å². The standard InChI is InChI=1S/C48H42N3O14P3/c1-2-12-31(13-3-1)64-68(50-66-49-67-51-68)65-45-22-44(60-40-18-8-4-14-36(40)56-27-32-23-52-32)46(61-41-19-9-5-15-37(41)57-28-33-24-53-33)48(63-43-21-11-7-17-39(43)59-30-35-26-55-35)47(45)62-42-20-10-6-16-38(42)58-29-34-25-54-34/h1-22,32-35H,23-30H2. The maximum absolute atomic E-state index is 7.09. The summed E-state index contributed by atoms with van der Waals surface area (Å²) in [6.07, 6.45) is -0.131. The Kier molecular flexibility index (Phi) is 13.3. The zero-order chi connectivity index (χ0) is 45.5. The SMILES string of the molecule is c1ccc(OP2(Oc3cc(Oc4ccccc4OCC4CO4)c(Oc4ccccc4OCC4CO4)c(Oc4ccccc4OCC4CO4)c3Oc3ccccc3OCC3CO3)=NP=NP=N2)cc1. The van der Waals surface area contributed by atoms with Crippen LogP contribution in [0.25, 0.3) is 0 Å². The van der Waals surface area contributed by atoms with Gasteiger partial charge in [0.15, 0.2) is 74.5 Å². The highest BCUT2D eigenvalue weighted by Gasteiger charge is 2.36. The van der Waals surface area contributed by atoms with Gasteiger partial charge in [-0.05, 0) is 60.7 Å². The van der Waals surface area contributed by atoms with Crippen LogP contribution in [0.4, 0.5) is 0 Å². The van der Waals surface area contributed by atoms with E-state index in [4.69, 9.17) is 74.9 Å². The zero-order valence-electron chi connectivity index (χ0n) is 36.1. The van der Waals surface area contributed by atoms with Gasteiger partial charge < -0.3 is 65.9 Å². The van der Waals surface area contributed by atoms with E-state index in [-0.39, 0.29) is 53.2 Å².